The lowest BCUT2D eigenvalue weighted by Gasteiger charge is -2.40. The van der Waals surface area contributed by atoms with Gasteiger partial charge in [0, 0.05) is 28.7 Å². The average molecular weight is 572 g/mol. The van der Waals surface area contributed by atoms with E-state index in [1.807, 2.05) is 6.92 Å². The quantitative estimate of drug-likeness (QED) is 0.427. The Bertz CT molecular complexity index is 1220. The molecule has 2 saturated heterocycles. The number of methoxy groups -OCH3 is 2. The van der Waals surface area contributed by atoms with Gasteiger partial charge < -0.3 is 19.1 Å². The number of hydrogen-bond acceptors (Lipinski definition) is 6. The van der Waals surface area contributed by atoms with Crippen LogP contribution in [-0.2, 0) is 14.8 Å². The number of rotatable bonds is 9. The Morgan fingerprint density at radius 2 is 1.70 bits per heavy atom. The summed E-state index contributed by atoms with van der Waals surface area (Å²) in [5.41, 5.74) is 0. The van der Waals surface area contributed by atoms with Crippen LogP contribution in [0.4, 0.5) is 0 Å². The lowest BCUT2D eigenvalue weighted by molar-refractivity contribution is -0.135. The van der Waals surface area contributed by atoms with Crippen LogP contribution in [0.2, 0.25) is 10.0 Å². The van der Waals surface area contributed by atoms with E-state index in [-0.39, 0.29) is 39.4 Å². The number of amides is 1. The second-order valence-electron chi connectivity index (χ2n) is 9.27. The van der Waals surface area contributed by atoms with Gasteiger partial charge >= 0.3 is 0 Å². The highest BCUT2D eigenvalue weighted by atomic mass is 35.5. The van der Waals surface area contributed by atoms with E-state index < -0.39 is 16.1 Å². The second-order valence-corrected chi connectivity index (χ2v) is 12.0. The van der Waals surface area contributed by atoms with Crippen LogP contribution in [0.1, 0.15) is 32.6 Å². The minimum Gasteiger partial charge on any atom is -0.493 e. The smallest absolute Gasteiger partial charge is 0.244 e. The number of ether oxygens (including phenoxy) is 3. The Labute approximate surface area is 228 Å². The first-order chi connectivity index (χ1) is 17.7. The van der Waals surface area contributed by atoms with Crippen LogP contribution >= 0.6 is 23.2 Å². The van der Waals surface area contributed by atoms with Gasteiger partial charge in [-0.2, -0.15) is 4.31 Å². The summed E-state index contributed by atoms with van der Waals surface area (Å²) in [7, 11) is -0.890. The molecule has 11 heteroatoms. The van der Waals surface area contributed by atoms with Gasteiger partial charge in [-0.3, -0.25) is 4.79 Å². The number of fused-ring (bicyclic) bond motifs is 2. The number of carbonyl (C=O) groups is 1. The van der Waals surface area contributed by atoms with Crippen molar-refractivity contribution >= 4 is 39.1 Å². The van der Waals surface area contributed by atoms with E-state index in [2.05, 4.69) is 0 Å². The summed E-state index contributed by atoms with van der Waals surface area (Å²) >= 11 is 12.3. The van der Waals surface area contributed by atoms with Crippen molar-refractivity contribution in [2.45, 2.75) is 49.6 Å². The molecule has 2 aromatic rings. The van der Waals surface area contributed by atoms with Gasteiger partial charge in [-0.1, -0.05) is 36.5 Å². The zero-order valence-electron chi connectivity index (χ0n) is 21.2. The zero-order chi connectivity index (χ0) is 26.7. The van der Waals surface area contributed by atoms with Crippen LogP contribution in [-0.4, -0.2) is 69.5 Å². The summed E-state index contributed by atoms with van der Waals surface area (Å²) < 4.78 is 45.7. The van der Waals surface area contributed by atoms with Crippen molar-refractivity contribution < 1.29 is 27.4 Å². The molecule has 2 fully saturated rings. The van der Waals surface area contributed by atoms with Crippen molar-refractivity contribution in [2.75, 3.05) is 33.9 Å². The third-order valence-electron chi connectivity index (χ3n) is 7.13. The van der Waals surface area contributed by atoms with Crippen LogP contribution in [0.15, 0.2) is 41.3 Å². The molecule has 0 saturated carbocycles. The first-order valence-electron chi connectivity index (χ1n) is 12.3. The van der Waals surface area contributed by atoms with Gasteiger partial charge in [0.2, 0.25) is 15.9 Å². The summed E-state index contributed by atoms with van der Waals surface area (Å²) in [5.74, 6) is 1.52. The zero-order valence-corrected chi connectivity index (χ0v) is 23.5. The minimum atomic E-state index is -4.01. The van der Waals surface area contributed by atoms with Gasteiger partial charge in [-0.05, 0) is 55.5 Å². The standard InChI is InChI=1S/C26H32Cl2N2O6S/c1-4-17-16-29(10-11-36-20-8-9-24(34-2)25(15-20)35-3)26(31)23-7-5-6-22(17)30(23)37(32,33)21-13-18(27)12-19(28)14-21/h8-9,12-15,17,22-23H,4-7,10-11,16H2,1-3H3/t17-,22+,23-/m0/s1. The molecular weight excluding hydrogens is 539 g/mol. The Morgan fingerprint density at radius 3 is 2.35 bits per heavy atom. The van der Waals surface area contributed by atoms with E-state index in [9.17, 15) is 13.2 Å². The van der Waals surface area contributed by atoms with E-state index in [1.165, 1.54) is 22.5 Å². The molecule has 2 aliphatic heterocycles. The molecule has 2 aromatic carbocycles. The van der Waals surface area contributed by atoms with Gasteiger partial charge in [-0.25, -0.2) is 8.42 Å². The van der Waals surface area contributed by atoms with Gasteiger partial charge in [-0.15, -0.1) is 0 Å². The van der Waals surface area contributed by atoms with Crippen molar-refractivity contribution in [3.63, 3.8) is 0 Å². The van der Waals surface area contributed by atoms with Crippen LogP contribution in [0.25, 0.3) is 0 Å². The lowest BCUT2D eigenvalue weighted by atomic mass is 9.89. The van der Waals surface area contributed by atoms with Crippen molar-refractivity contribution in [3.8, 4) is 17.2 Å². The summed E-state index contributed by atoms with van der Waals surface area (Å²) in [4.78, 5) is 15.5. The normalized spacial score (nSPS) is 22.5. The molecule has 2 heterocycles. The highest BCUT2D eigenvalue weighted by Crippen LogP contribution is 2.39. The number of piperidine rings is 1. The monoisotopic (exact) mass is 570 g/mol. The predicted octanol–water partition coefficient (Wildman–Crippen LogP) is 4.87. The van der Waals surface area contributed by atoms with Crippen molar-refractivity contribution in [1.82, 2.24) is 9.21 Å². The maximum absolute atomic E-state index is 13.9. The molecular formula is C26H32Cl2N2O6S. The largest absolute Gasteiger partial charge is 0.493 e. The topological polar surface area (TPSA) is 85.4 Å². The Morgan fingerprint density at radius 1 is 1.00 bits per heavy atom. The maximum Gasteiger partial charge on any atom is 0.244 e. The fourth-order valence-corrected chi connectivity index (χ4v) is 7.93. The van der Waals surface area contributed by atoms with Gasteiger partial charge in [0.25, 0.3) is 0 Å². The molecule has 0 N–H and O–H groups in total. The number of benzene rings is 2. The van der Waals surface area contributed by atoms with Crippen molar-refractivity contribution in [3.05, 3.63) is 46.4 Å². The van der Waals surface area contributed by atoms with Gasteiger partial charge in [0.15, 0.2) is 11.5 Å². The first kappa shape index (κ1) is 27.8. The Kier molecular flexibility index (Phi) is 8.78. The SMILES string of the molecule is CC[C@H]1CN(CCOc2ccc(OC)c(OC)c2)C(=O)[C@@H]2CCC[C@H]1N2S(=O)(=O)c1cc(Cl)cc(Cl)c1. The van der Waals surface area contributed by atoms with Crippen LogP contribution in [0, 0.1) is 5.92 Å². The molecule has 0 spiro atoms. The lowest BCUT2D eigenvalue weighted by Crippen LogP contribution is -2.54. The van der Waals surface area contributed by atoms with E-state index in [0.29, 0.717) is 43.2 Å². The molecule has 3 atom stereocenters. The summed E-state index contributed by atoms with van der Waals surface area (Å²) in [6.07, 6.45) is 2.69. The fourth-order valence-electron chi connectivity index (χ4n) is 5.31. The van der Waals surface area contributed by atoms with Crippen molar-refractivity contribution in [2.24, 2.45) is 5.92 Å². The number of sulfonamides is 1. The molecule has 4 rings (SSSR count). The Balaban J connectivity index is 1.57. The highest BCUT2D eigenvalue weighted by Gasteiger charge is 2.49. The van der Waals surface area contributed by atoms with Crippen LogP contribution < -0.4 is 14.2 Å². The molecule has 2 aliphatic rings. The molecule has 8 nitrogen and oxygen atoms in total. The fraction of sp³-hybridized carbons (Fsp3) is 0.500. The highest BCUT2D eigenvalue weighted by molar-refractivity contribution is 7.89. The van der Waals surface area contributed by atoms with E-state index in [0.717, 1.165) is 12.8 Å². The van der Waals surface area contributed by atoms with Crippen LogP contribution in [0.5, 0.6) is 17.2 Å². The second kappa shape index (κ2) is 11.7. The molecule has 0 aromatic heterocycles. The molecule has 0 unspecified atom stereocenters. The molecule has 1 amide bonds. The van der Waals surface area contributed by atoms with E-state index in [4.69, 9.17) is 37.4 Å². The summed E-state index contributed by atoms with van der Waals surface area (Å²) in [6, 6.07) is 8.48. The Hall–Kier alpha value is -2.20. The number of halogens is 2. The van der Waals surface area contributed by atoms with Crippen LogP contribution in [0.3, 0.4) is 0 Å². The van der Waals surface area contributed by atoms with Gasteiger partial charge in [0.1, 0.15) is 18.4 Å². The summed E-state index contributed by atoms with van der Waals surface area (Å²) in [6.45, 7) is 3.09. The molecule has 202 valence electrons. The minimum absolute atomic E-state index is 0.00906. The predicted molar refractivity (Wildman–Crippen MR) is 142 cm³/mol. The first-order valence-corrected chi connectivity index (χ1v) is 14.5. The molecule has 0 radical (unpaired) electrons. The molecule has 2 bridgehead atoms. The third-order valence-corrected chi connectivity index (χ3v) is 9.48. The van der Waals surface area contributed by atoms with E-state index in [1.54, 1.807) is 37.3 Å². The number of carbonyl (C=O) groups excluding carboxylic acids is 1. The number of hydrogen-bond donors (Lipinski definition) is 0. The molecule has 37 heavy (non-hydrogen) atoms. The average Bonchev–Trinajstić information content (AvgIpc) is 2.95. The van der Waals surface area contributed by atoms with E-state index >= 15 is 0 Å². The maximum atomic E-state index is 13.9. The summed E-state index contributed by atoms with van der Waals surface area (Å²) in [5, 5.41) is 0.469. The van der Waals surface area contributed by atoms with Crippen molar-refractivity contribution in [1.29, 1.82) is 0 Å². The van der Waals surface area contributed by atoms with Gasteiger partial charge in [0.05, 0.1) is 25.7 Å². The number of nitrogens with zero attached hydrogens (tertiary/aromatic N) is 2. The third kappa shape index (κ3) is 5.79. The molecule has 0 aliphatic carbocycles.